The van der Waals surface area contributed by atoms with E-state index in [2.05, 4.69) is 0 Å². The molecule has 0 radical (unpaired) electrons. The minimum absolute atomic E-state index is 0.0417. The molecule has 13 heteroatoms. The molecule has 0 fully saturated rings. The van der Waals surface area contributed by atoms with Crippen molar-refractivity contribution >= 4 is 42.5 Å². The molecule has 5 aromatic carbocycles. The second kappa shape index (κ2) is 19.8. The van der Waals surface area contributed by atoms with E-state index in [1.165, 1.54) is 18.8 Å². The largest absolute Gasteiger partial charge is 0.497 e. The molecule has 0 bridgehead atoms. The van der Waals surface area contributed by atoms with Gasteiger partial charge < -0.3 is 24.1 Å². The number of hydrogen-bond acceptors (Lipinski definition) is 12. The van der Waals surface area contributed by atoms with Crippen LogP contribution >= 0.6 is 18.3 Å². The van der Waals surface area contributed by atoms with Crippen LogP contribution in [0.4, 0.5) is 0 Å². The molecule has 0 amide bonds. The third-order valence-electron chi connectivity index (χ3n) is 8.32. The molecule has 0 saturated carbocycles. The van der Waals surface area contributed by atoms with Gasteiger partial charge in [-0.05, 0) is 48.2 Å². The number of methoxy groups -OCH3 is 2. The van der Waals surface area contributed by atoms with E-state index in [1.54, 1.807) is 44.6 Å². The fraction of sp³-hybridized carbons (Fsp3) is 0.227. The van der Waals surface area contributed by atoms with Crippen molar-refractivity contribution in [3.05, 3.63) is 152 Å². The summed E-state index contributed by atoms with van der Waals surface area (Å²) in [4.78, 5) is 47.1. The number of carbonyl (C=O) groups excluding carboxylic acids is 4. The predicted molar refractivity (Wildman–Crippen MR) is 222 cm³/mol. The van der Waals surface area contributed by atoms with Crippen LogP contribution in [-0.2, 0) is 38.6 Å². The molecule has 5 aromatic rings. The average Bonchev–Trinajstić information content (AvgIpc) is 3.41. The number of aliphatic hydroxyl groups excluding tert-OH is 1. The van der Waals surface area contributed by atoms with E-state index < -0.39 is 36.2 Å². The molecule has 12 nitrogen and oxygen atoms in total. The number of rotatable bonds is 12. The monoisotopic (exact) mass is 894 g/mol. The van der Waals surface area contributed by atoms with Crippen LogP contribution in [0.15, 0.2) is 109 Å². The Labute approximate surface area is 334 Å². The summed E-state index contributed by atoms with van der Waals surface area (Å²) in [6.07, 6.45) is 0.815. The van der Waals surface area contributed by atoms with E-state index in [4.69, 9.17) is 28.1 Å². The Bertz CT molecular complexity index is 2160. The summed E-state index contributed by atoms with van der Waals surface area (Å²) in [6, 6.07) is 33.5. The van der Waals surface area contributed by atoms with Gasteiger partial charge in [0.05, 0.1) is 26.4 Å². The summed E-state index contributed by atoms with van der Waals surface area (Å²) >= 11 is -5.01. The Morgan fingerprint density at radius 3 is 1.67 bits per heavy atom. The van der Waals surface area contributed by atoms with Crippen molar-refractivity contribution in [3.63, 3.8) is 0 Å². The van der Waals surface area contributed by atoms with Crippen LogP contribution in [0, 0.1) is 17.4 Å². The first-order chi connectivity index (χ1) is 27.2. The van der Waals surface area contributed by atoms with Gasteiger partial charge in [0.1, 0.15) is 36.2 Å². The van der Waals surface area contributed by atoms with Crippen LogP contribution in [0.3, 0.4) is 0 Å². The van der Waals surface area contributed by atoms with Gasteiger partial charge in [0.25, 0.3) is 0 Å². The normalized spacial score (nSPS) is 13.5. The quantitative estimate of drug-likeness (QED) is 0.0725. The first-order valence-corrected chi connectivity index (χ1v) is 23.5. The second-order valence-corrected chi connectivity index (χ2v) is 21.3. The van der Waals surface area contributed by atoms with Gasteiger partial charge in [0.2, 0.25) is 0 Å². The van der Waals surface area contributed by atoms with Gasteiger partial charge in [-0.2, -0.15) is 0 Å². The van der Waals surface area contributed by atoms with Gasteiger partial charge in [-0.15, -0.1) is 0 Å². The van der Waals surface area contributed by atoms with E-state index in [0.717, 1.165) is 39.9 Å². The van der Waals surface area contributed by atoms with Crippen molar-refractivity contribution < 1.29 is 52.4 Å². The number of fused-ring (bicyclic) bond motifs is 1. The number of hydrogen-bond donors (Lipinski definition) is 1. The Morgan fingerprint density at radius 1 is 0.702 bits per heavy atom. The molecule has 0 aromatic heterocycles. The topological polar surface area (TPSA) is 153 Å². The van der Waals surface area contributed by atoms with Gasteiger partial charge in [-0.3, -0.25) is 4.79 Å². The number of aryl methyl sites for hydroxylation is 2. The molecule has 1 heterocycles. The van der Waals surface area contributed by atoms with Crippen LogP contribution in [0.1, 0.15) is 62.4 Å². The maximum Gasteiger partial charge on any atom is 0.154 e. The molecule has 0 atom stereocenters. The van der Waals surface area contributed by atoms with Gasteiger partial charge in [-0.1, -0.05) is 60.7 Å². The molecule has 0 saturated heterocycles. The summed E-state index contributed by atoms with van der Waals surface area (Å²) in [6.45, 7) is 7.01. The second-order valence-electron chi connectivity index (χ2n) is 12.7. The van der Waals surface area contributed by atoms with Crippen LogP contribution in [-0.4, -0.2) is 48.5 Å². The van der Waals surface area contributed by atoms with Gasteiger partial charge in [0.15, 0.2) is 6.29 Å². The zero-order valence-corrected chi connectivity index (χ0v) is 35.1. The SMILES string of the molecule is CC(=O)OI1(C)(OC(C)=O)OC(=O)c2ccccc21.COc1cc(C)c(C=O)c(OCc2ccccc2)c1.COc1cc(C)c(CO)c(OCc2ccccc2)c1. The first kappa shape index (κ1) is 43.8. The van der Waals surface area contributed by atoms with Gasteiger partial charge in [-0.25, -0.2) is 0 Å². The number of ether oxygens (including phenoxy) is 4. The molecule has 0 unspecified atom stereocenters. The Balaban J connectivity index is 0.000000189. The molecule has 57 heavy (non-hydrogen) atoms. The van der Waals surface area contributed by atoms with E-state index in [1.807, 2.05) is 92.7 Å². The summed E-state index contributed by atoms with van der Waals surface area (Å²) in [7, 11) is 3.21. The fourth-order valence-corrected chi connectivity index (χ4v) is 13.4. The molecular weight excluding hydrogens is 847 g/mol. The Kier molecular flexibility index (Phi) is 15.2. The van der Waals surface area contributed by atoms with Crippen molar-refractivity contribution in [2.75, 3.05) is 19.2 Å². The minimum atomic E-state index is -5.01. The van der Waals surface area contributed by atoms with E-state index in [-0.39, 0.29) is 12.2 Å². The number of benzene rings is 5. The van der Waals surface area contributed by atoms with Crippen LogP contribution in [0.2, 0.25) is 0 Å². The van der Waals surface area contributed by atoms with Crippen molar-refractivity contribution in [3.8, 4) is 23.0 Å². The number of alkyl halides is 1. The van der Waals surface area contributed by atoms with E-state index in [9.17, 15) is 24.3 Å². The van der Waals surface area contributed by atoms with Crippen molar-refractivity contribution in [1.82, 2.24) is 0 Å². The van der Waals surface area contributed by atoms with Crippen LogP contribution in [0.25, 0.3) is 0 Å². The summed E-state index contributed by atoms with van der Waals surface area (Å²) < 4.78 is 38.1. The smallest absolute Gasteiger partial charge is 0.154 e. The predicted octanol–water partition coefficient (Wildman–Crippen LogP) is 8.58. The molecular formula is C44H47IO12. The summed E-state index contributed by atoms with van der Waals surface area (Å²) in [5.74, 6) is 0.669. The zero-order chi connectivity index (χ0) is 41.6. The molecule has 1 N–H and O–H groups in total. The number of halogens is 1. The number of carbonyl (C=O) groups is 4. The molecule has 0 spiro atoms. The molecule has 1 aliphatic heterocycles. The first-order valence-electron chi connectivity index (χ1n) is 17.6. The average molecular weight is 895 g/mol. The molecule has 6 rings (SSSR count). The Morgan fingerprint density at radius 2 is 1.18 bits per heavy atom. The Hall–Kier alpha value is -5.93. The maximum absolute atomic E-state index is 11.9. The third kappa shape index (κ3) is 11.3. The van der Waals surface area contributed by atoms with Crippen LogP contribution in [0.5, 0.6) is 23.0 Å². The van der Waals surface area contributed by atoms with E-state index >= 15 is 0 Å². The van der Waals surface area contributed by atoms with Gasteiger partial charge in [0, 0.05) is 17.7 Å². The van der Waals surface area contributed by atoms with Crippen molar-refractivity contribution in [1.29, 1.82) is 0 Å². The number of aliphatic hydroxyl groups is 1. The zero-order valence-electron chi connectivity index (χ0n) is 32.9. The van der Waals surface area contributed by atoms with Gasteiger partial charge >= 0.3 is 112 Å². The fourth-order valence-electron chi connectivity index (χ4n) is 5.67. The minimum Gasteiger partial charge on any atom is -0.497 e. The van der Waals surface area contributed by atoms with E-state index in [0.29, 0.717) is 39.6 Å². The molecule has 0 aliphatic carbocycles. The van der Waals surface area contributed by atoms with Crippen molar-refractivity contribution in [2.24, 2.45) is 0 Å². The van der Waals surface area contributed by atoms with Crippen LogP contribution < -0.4 is 18.9 Å². The molecule has 302 valence electrons. The maximum atomic E-state index is 11.9. The molecule has 1 aliphatic rings. The third-order valence-corrected chi connectivity index (χ3v) is 16.5. The number of aldehydes is 1. The summed E-state index contributed by atoms with van der Waals surface area (Å²) in [5.41, 5.74) is 5.59. The van der Waals surface area contributed by atoms with Crippen molar-refractivity contribution in [2.45, 2.75) is 47.5 Å². The standard InChI is InChI=1S/C16H18O3.C16H16O3.C12H13IO6/c2*1-12-8-14(18-2)9-16(15(12)10-17)19-11-13-6-4-3-5-7-13;1-8(14)17-13(3,18-9(2)15)11-7-5-4-6-10(11)12(16)19-13/h3-9,17H,10-11H2,1-2H3;3-10H,11H2,1-2H3;4-7H,1-3H3. The summed E-state index contributed by atoms with van der Waals surface area (Å²) in [5, 5.41) is 9.44.